The fourth-order valence-corrected chi connectivity index (χ4v) is 5.08. The third-order valence-electron chi connectivity index (χ3n) is 6.06. The fraction of sp³-hybridized carbons (Fsp3) is 0.333. The highest BCUT2D eigenvalue weighted by molar-refractivity contribution is 5.86. The van der Waals surface area contributed by atoms with Crippen LogP contribution in [0.1, 0.15) is 28.8 Å². The highest BCUT2D eigenvalue weighted by Crippen LogP contribution is 2.52. The first-order chi connectivity index (χ1) is 11.3. The van der Waals surface area contributed by atoms with Crippen LogP contribution in [0.25, 0.3) is 10.9 Å². The van der Waals surface area contributed by atoms with Gasteiger partial charge in [0.25, 0.3) is 0 Å². The standard InChI is InChI=1S/C21H22N2/c1-14-16-10-6-7-11-19(16)23-13-18-17(15-8-4-3-5-9-15)12-22(2)21(18)20(14)23/h3-11,17-18,21H,12-13H2,1-2H3. The Morgan fingerprint density at radius 2 is 1.65 bits per heavy atom. The van der Waals surface area contributed by atoms with Gasteiger partial charge in [-0.25, -0.2) is 0 Å². The fourth-order valence-electron chi connectivity index (χ4n) is 5.08. The van der Waals surface area contributed by atoms with E-state index in [1.807, 2.05) is 0 Å². The lowest BCUT2D eigenvalue weighted by atomic mass is 9.85. The van der Waals surface area contributed by atoms with Crippen molar-refractivity contribution >= 4 is 10.9 Å². The minimum Gasteiger partial charge on any atom is -0.342 e. The second-order valence-corrected chi connectivity index (χ2v) is 7.20. The summed E-state index contributed by atoms with van der Waals surface area (Å²) in [5.41, 5.74) is 5.94. The number of fused-ring (bicyclic) bond motifs is 5. The number of likely N-dealkylation sites (N-methyl/N-ethyl adjacent to an activating group) is 1. The van der Waals surface area contributed by atoms with E-state index in [4.69, 9.17) is 0 Å². The highest BCUT2D eigenvalue weighted by atomic mass is 15.2. The molecule has 1 saturated heterocycles. The van der Waals surface area contributed by atoms with E-state index in [0.717, 1.165) is 6.54 Å². The molecule has 0 N–H and O–H groups in total. The summed E-state index contributed by atoms with van der Waals surface area (Å²) in [5.74, 6) is 1.34. The van der Waals surface area contributed by atoms with Crippen molar-refractivity contribution < 1.29 is 0 Å². The molecular weight excluding hydrogens is 280 g/mol. The quantitative estimate of drug-likeness (QED) is 0.649. The molecule has 5 rings (SSSR count). The maximum Gasteiger partial charge on any atom is 0.0552 e. The summed E-state index contributed by atoms with van der Waals surface area (Å²) in [6.07, 6.45) is 0. The van der Waals surface area contributed by atoms with Crippen molar-refractivity contribution in [2.45, 2.75) is 25.4 Å². The Bertz CT molecular complexity index is 877. The van der Waals surface area contributed by atoms with Gasteiger partial charge in [0.05, 0.1) is 6.04 Å². The Morgan fingerprint density at radius 1 is 0.913 bits per heavy atom. The van der Waals surface area contributed by atoms with Crippen LogP contribution in [0.15, 0.2) is 54.6 Å². The van der Waals surface area contributed by atoms with Crippen LogP contribution < -0.4 is 0 Å². The van der Waals surface area contributed by atoms with E-state index in [-0.39, 0.29) is 0 Å². The van der Waals surface area contributed by atoms with Crippen LogP contribution in [0.5, 0.6) is 0 Å². The molecule has 116 valence electrons. The second kappa shape index (κ2) is 4.72. The Balaban J connectivity index is 1.65. The van der Waals surface area contributed by atoms with Crippen molar-refractivity contribution in [3.63, 3.8) is 0 Å². The molecule has 0 spiro atoms. The molecule has 3 heterocycles. The third-order valence-corrected chi connectivity index (χ3v) is 6.06. The molecule has 0 amide bonds. The van der Waals surface area contributed by atoms with Gasteiger partial charge in [-0.1, -0.05) is 48.5 Å². The Kier molecular flexibility index (Phi) is 2.75. The van der Waals surface area contributed by atoms with Crippen LogP contribution in [0.4, 0.5) is 0 Å². The van der Waals surface area contributed by atoms with Crippen molar-refractivity contribution in [2.24, 2.45) is 5.92 Å². The molecule has 23 heavy (non-hydrogen) atoms. The first-order valence-electron chi connectivity index (χ1n) is 8.58. The molecule has 2 aliphatic heterocycles. The van der Waals surface area contributed by atoms with Crippen molar-refractivity contribution in [1.29, 1.82) is 0 Å². The maximum absolute atomic E-state index is 2.59. The number of aromatic nitrogens is 1. The van der Waals surface area contributed by atoms with E-state index < -0.39 is 0 Å². The summed E-state index contributed by atoms with van der Waals surface area (Å²) in [6, 6.07) is 20.5. The van der Waals surface area contributed by atoms with E-state index in [9.17, 15) is 0 Å². The van der Waals surface area contributed by atoms with E-state index in [2.05, 4.69) is 78.0 Å². The zero-order chi connectivity index (χ0) is 15.6. The zero-order valence-electron chi connectivity index (χ0n) is 13.7. The largest absolute Gasteiger partial charge is 0.342 e. The molecular formula is C21H22N2. The number of likely N-dealkylation sites (tertiary alicyclic amines) is 1. The van der Waals surface area contributed by atoms with Gasteiger partial charge in [0, 0.05) is 41.5 Å². The summed E-state index contributed by atoms with van der Waals surface area (Å²) in [7, 11) is 2.30. The van der Waals surface area contributed by atoms with Crippen LogP contribution in [0, 0.1) is 12.8 Å². The van der Waals surface area contributed by atoms with Crippen LogP contribution >= 0.6 is 0 Å². The maximum atomic E-state index is 2.59. The number of aryl methyl sites for hydroxylation is 1. The van der Waals surface area contributed by atoms with E-state index in [0.29, 0.717) is 17.9 Å². The zero-order valence-corrected chi connectivity index (χ0v) is 13.7. The molecule has 2 heteroatoms. The van der Waals surface area contributed by atoms with Gasteiger partial charge in [-0.3, -0.25) is 4.90 Å². The Labute approximate surface area is 137 Å². The van der Waals surface area contributed by atoms with Crippen LogP contribution in [0.2, 0.25) is 0 Å². The van der Waals surface area contributed by atoms with E-state index >= 15 is 0 Å². The van der Waals surface area contributed by atoms with Gasteiger partial charge >= 0.3 is 0 Å². The summed E-state index contributed by atoms with van der Waals surface area (Å²) >= 11 is 0. The SMILES string of the molecule is Cc1c2n(c3ccccc13)CC1C(c3ccccc3)CN(C)C21. The van der Waals surface area contributed by atoms with E-state index in [1.165, 1.54) is 28.6 Å². The van der Waals surface area contributed by atoms with Gasteiger partial charge in [0.15, 0.2) is 0 Å². The highest BCUT2D eigenvalue weighted by Gasteiger charge is 2.47. The van der Waals surface area contributed by atoms with E-state index in [1.54, 1.807) is 5.69 Å². The molecule has 0 saturated carbocycles. The van der Waals surface area contributed by atoms with Gasteiger partial charge in [-0.05, 0) is 31.2 Å². The predicted octanol–water partition coefficient (Wildman–Crippen LogP) is 4.35. The number of hydrogen-bond donors (Lipinski definition) is 0. The topological polar surface area (TPSA) is 8.17 Å². The lowest BCUT2D eigenvalue weighted by Gasteiger charge is -2.19. The lowest BCUT2D eigenvalue weighted by molar-refractivity contribution is 0.292. The molecule has 0 radical (unpaired) electrons. The molecule has 2 aromatic carbocycles. The van der Waals surface area contributed by atoms with Crippen molar-refractivity contribution in [3.8, 4) is 0 Å². The van der Waals surface area contributed by atoms with Gasteiger partial charge in [-0.2, -0.15) is 0 Å². The molecule has 3 aromatic rings. The Hall–Kier alpha value is -2.06. The smallest absolute Gasteiger partial charge is 0.0552 e. The van der Waals surface area contributed by atoms with Gasteiger partial charge in [-0.15, -0.1) is 0 Å². The van der Waals surface area contributed by atoms with Crippen LogP contribution in [-0.2, 0) is 6.54 Å². The summed E-state index contributed by atoms with van der Waals surface area (Å²) in [5, 5.41) is 1.43. The van der Waals surface area contributed by atoms with Crippen molar-refractivity contribution in [1.82, 2.24) is 9.47 Å². The molecule has 2 nitrogen and oxygen atoms in total. The lowest BCUT2D eigenvalue weighted by Crippen LogP contribution is -2.19. The van der Waals surface area contributed by atoms with Gasteiger partial charge < -0.3 is 4.57 Å². The molecule has 2 aliphatic rings. The molecule has 1 aromatic heterocycles. The van der Waals surface area contributed by atoms with Crippen molar-refractivity contribution in [3.05, 3.63) is 71.4 Å². The Morgan fingerprint density at radius 3 is 2.48 bits per heavy atom. The minimum absolute atomic E-state index is 0.563. The number of benzene rings is 2. The number of rotatable bonds is 1. The number of para-hydroxylation sites is 1. The van der Waals surface area contributed by atoms with Crippen LogP contribution in [0.3, 0.4) is 0 Å². The summed E-state index contributed by atoms with van der Waals surface area (Å²) in [6.45, 7) is 4.62. The summed E-state index contributed by atoms with van der Waals surface area (Å²) in [4.78, 5) is 2.58. The average molecular weight is 302 g/mol. The number of nitrogens with zero attached hydrogens (tertiary/aromatic N) is 2. The predicted molar refractivity (Wildman–Crippen MR) is 94.7 cm³/mol. The average Bonchev–Trinajstić information content (AvgIpc) is 3.20. The third kappa shape index (κ3) is 1.73. The van der Waals surface area contributed by atoms with Crippen LogP contribution in [-0.4, -0.2) is 23.1 Å². The molecule has 3 unspecified atom stereocenters. The molecule has 1 fully saturated rings. The minimum atomic E-state index is 0.563. The van der Waals surface area contributed by atoms with Gasteiger partial charge in [0.2, 0.25) is 0 Å². The normalized spacial score (nSPS) is 26.6. The first-order valence-corrected chi connectivity index (χ1v) is 8.58. The molecule has 0 bridgehead atoms. The molecule has 0 aliphatic carbocycles. The number of hydrogen-bond acceptors (Lipinski definition) is 1. The van der Waals surface area contributed by atoms with Gasteiger partial charge in [0.1, 0.15) is 0 Å². The molecule has 3 atom stereocenters. The first kappa shape index (κ1) is 13.4. The monoisotopic (exact) mass is 302 g/mol. The summed E-state index contributed by atoms with van der Waals surface area (Å²) < 4.78 is 2.59. The second-order valence-electron chi connectivity index (χ2n) is 7.20. The van der Waals surface area contributed by atoms with Crippen molar-refractivity contribution in [2.75, 3.05) is 13.6 Å².